The van der Waals surface area contributed by atoms with Crippen molar-refractivity contribution >= 4 is 17.2 Å². The number of nitrogens with zero attached hydrogens (tertiary/aromatic N) is 1. The van der Waals surface area contributed by atoms with Gasteiger partial charge in [-0.3, -0.25) is 0 Å². The SMILES string of the molecule is C=Cn1cccc1-c1cc2ccccc2o1. The average Bonchev–Trinajstić information content (AvgIpc) is 2.94. The molecule has 0 amide bonds. The summed E-state index contributed by atoms with van der Waals surface area (Å²) in [6.07, 6.45) is 3.72. The van der Waals surface area contributed by atoms with Crippen LogP contribution in [0.5, 0.6) is 0 Å². The Hall–Kier alpha value is -2.22. The Balaban J connectivity index is 2.22. The molecule has 0 spiro atoms. The van der Waals surface area contributed by atoms with Gasteiger partial charge in [-0.15, -0.1) is 0 Å². The highest BCUT2D eigenvalue weighted by molar-refractivity contribution is 5.82. The lowest BCUT2D eigenvalue weighted by molar-refractivity contribution is 0.627. The molecule has 0 saturated heterocycles. The van der Waals surface area contributed by atoms with E-state index >= 15 is 0 Å². The number of aromatic nitrogens is 1. The Morgan fingerprint density at radius 2 is 2.00 bits per heavy atom. The molecule has 0 unspecified atom stereocenters. The third-order valence-electron chi connectivity index (χ3n) is 2.65. The number of rotatable bonds is 2. The highest BCUT2D eigenvalue weighted by atomic mass is 16.3. The minimum atomic E-state index is 0.867. The van der Waals surface area contributed by atoms with Crippen LogP contribution in [0.4, 0.5) is 0 Å². The molecule has 0 bridgehead atoms. The first-order valence-corrected chi connectivity index (χ1v) is 5.17. The third kappa shape index (κ3) is 1.27. The van der Waals surface area contributed by atoms with Crippen molar-refractivity contribution in [2.75, 3.05) is 0 Å². The van der Waals surface area contributed by atoms with E-state index in [4.69, 9.17) is 4.42 Å². The number of para-hydroxylation sites is 1. The van der Waals surface area contributed by atoms with E-state index in [9.17, 15) is 0 Å². The number of hydrogen-bond donors (Lipinski definition) is 0. The largest absolute Gasteiger partial charge is 0.455 e. The monoisotopic (exact) mass is 209 g/mol. The van der Waals surface area contributed by atoms with Gasteiger partial charge < -0.3 is 8.98 Å². The standard InChI is InChI=1S/C14H11NO/c1-2-15-9-5-7-12(15)14-10-11-6-3-4-8-13(11)16-14/h2-10H,1H2. The zero-order valence-electron chi connectivity index (χ0n) is 8.76. The molecule has 0 N–H and O–H groups in total. The summed E-state index contributed by atoms with van der Waals surface area (Å²) in [5.41, 5.74) is 1.93. The summed E-state index contributed by atoms with van der Waals surface area (Å²) in [7, 11) is 0. The van der Waals surface area contributed by atoms with Crippen molar-refractivity contribution in [2.45, 2.75) is 0 Å². The van der Waals surface area contributed by atoms with E-state index in [1.165, 1.54) is 0 Å². The normalized spacial score (nSPS) is 10.8. The predicted octanol–water partition coefficient (Wildman–Crippen LogP) is 4.00. The van der Waals surface area contributed by atoms with Crippen molar-refractivity contribution in [2.24, 2.45) is 0 Å². The molecular weight excluding hydrogens is 198 g/mol. The maximum Gasteiger partial charge on any atom is 0.152 e. The summed E-state index contributed by atoms with van der Waals surface area (Å²) >= 11 is 0. The molecule has 2 heteroatoms. The molecule has 0 aliphatic heterocycles. The smallest absolute Gasteiger partial charge is 0.152 e. The Kier molecular flexibility index (Phi) is 1.93. The second-order valence-corrected chi connectivity index (χ2v) is 3.63. The average molecular weight is 209 g/mol. The molecule has 1 aromatic carbocycles. The molecule has 0 fully saturated rings. The molecule has 0 atom stereocenters. The van der Waals surface area contributed by atoms with Crippen molar-refractivity contribution in [3.8, 4) is 11.5 Å². The Morgan fingerprint density at radius 3 is 2.81 bits per heavy atom. The first-order valence-electron chi connectivity index (χ1n) is 5.17. The summed E-state index contributed by atoms with van der Waals surface area (Å²) in [5, 5.41) is 1.12. The molecule has 78 valence electrons. The van der Waals surface area contributed by atoms with Crippen LogP contribution < -0.4 is 0 Å². The van der Waals surface area contributed by atoms with Gasteiger partial charge in [0.1, 0.15) is 5.58 Å². The molecule has 0 radical (unpaired) electrons. The van der Waals surface area contributed by atoms with Gasteiger partial charge in [0.25, 0.3) is 0 Å². The van der Waals surface area contributed by atoms with Gasteiger partial charge >= 0.3 is 0 Å². The maximum absolute atomic E-state index is 5.79. The van der Waals surface area contributed by atoms with Crippen LogP contribution in [0.25, 0.3) is 28.6 Å². The van der Waals surface area contributed by atoms with Crippen LogP contribution in [0.3, 0.4) is 0 Å². The van der Waals surface area contributed by atoms with E-state index in [1.54, 1.807) is 6.20 Å². The number of hydrogen-bond acceptors (Lipinski definition) is 1. The third-order valence-corrected chi connectivity index (χ3v) is 2.65. The Labute approximate surface area is 93.4 Å². The molecule has 16 heavy (non-hydrogen) atoms. The summed E-state index contributed by atoms with van der Waals surface area (Å²) in [5.74, 6) is 0.867. The van der Waals surface area contributed by atoms with Gasteiger partial charge in [-0.1, -0.05) is 24.8 Å². The van der Waals surface area contributed by atoms with Crippen molar-refractivity contribution < 1.29 is 4.42 Å². The van der Waals surface area contributed by atoms with Gasteiger partial charge in [0.05, 0.1) is 5.69 Å². The van der Waals surface area contributed by atoms with Crippen LogP contribution in [-0.4, -0.2) is 4.57 Å². The zero-order chi connectivity index (χ0) is 11.0. The van der Waals surface area contributed by atoms with Crippen molar-refractivity contribution in [1.29, 1.82) is 0 Å². The molecule has 2 nitrogen and oxygen atoms in total. The van der Waals surface area contributed by atoms with E-state index in [2.05, 4.69) is 6.58 Å². The summed E-state index contributed by atoms with van der Waals surface area (Å²) in [6, 6.07) is 14.0. The Bertz CT molecular complexity index is 612. The van der Waals surface area contributed by atoms with Crippen LogP contribution in [0.2, 0.25) is 0 Å². The van der Waals surface area contributed by atoms with Gasteiger partial charge in [0, 0.05) is 17.8 Å². The van der Waals surface area contributed by atoms with Crippen LogP contribution >= 0.6 is 0 Å². The second kappa shape index (κ2) is 3.42. The lowest BCUT2D eigenvalue weighted by atomic mass is 10.2. The lowest BCUT2D eigenvalue weighted by Crippen LogP contribution is -1.84. The van der Waals surface area contributed by atoms with E-state index in [0.717, 1.165) is 22.4 Å². The molecule has 3 aromatic rings. The first-order chi connectivity index (χ1) is 7.88. The molecular formula is C14H11NO. The molecule has 0 saturated carbocycles. The van der Waals surface area contributed by atoms with Crippen molar-refractivity contribution in [3.05, 3.63) is 55.2 Å². The molecule has 2 heterocycles. The zero-order valence-corrected chi connectivity index (χ0v) is 8.76. The number of furan rings is 1. The van der Waals surface area contributed by atoms with E-state index in [1.807, 2.05) is 53.2 Å². The van der Waals surface area contributed by atoms with E-state index in [0.29, 0.717) is 0 Å². The van der Waals surface area contributed by atoms with Gasteiger partial charge in [-0.2, -0.15) is 0 Å². The quantitative estimate of drug-likeness (QED) is 0.623. The lowest BCUT2D eigenvalue weighted by Gasteiger charge is -1.98. The minimum Gasteiger partial charge on any atom is -0.455 e. The fourth-order valence-corrected chi connectivity index (χ4v) is 1.87. The molecule has 3 rings (SSSR count). The fraction of sp³-hybridized carbons (Fsp3) is 0. The first kappa shape index (κ1) is 9.04. The van der Waals surface area contributed by atoms with Gasteiger partial charge in [-0.05, 0) is 24.3 Å². The minimum absolute atomic E-state index is 0.867. The summed E-state index contributed by atoms with van der Waals surface area (Å²) in [6.45, 7) is 3.76. The topological polar surface area (TPSA) is 18.1 Å². The van der Waals surface area contributed by atoms with Crippen LogP contribution in [0.15, 0.2) is 59.7 Å². The van der Waals surface area contributed by atoms with Gasteiger partial charge in [0.2, 0.25) is 0 Å². The van der Waals surface area contributed by atoms with E-state index in [-0.39, 0.29) is 0 Å². The summed E-state index contributed by atoms with van der Waals surface area (Å²) < 4.78 is 7.73. The maximum atomic E-state index is 5.79. The van der Waals surface area contributed by atoms with Crippen molar-refractivity contribution in [3.63, 3.8) is 0 Å². The highest BCUT2D eigenvalue weighted by Crippen LogP contribution is 2.27. The second-order valence-electron chi connectivity index (χ2n) is 3.63. The number of benzene rings is 1. The van der Waals surface area contributed by atoms with Crippen molar-refractivity contribution in [1.82, 2.24) is 4.57 Å². The van der Waals surface area contributed by atoms with Crippen LogP contribution in [0.1, 0.15) is 0 Å². The molecule has 0 aliphatic carbocycles. The molecule has 2 aromatic heterocycles. The van der Waals surface area contributed by atoms with Crippen LogP contribution in [-0.2, 0) is 0 Å². The van der Waals surface area contributed by atoms with Gasteiger partial charge in [0.15, 0.2) is 5.76 Å². The fourth-order valence-electron chi connectivity index (χ4n) is 1.87. The Morgan fingerprint density at radius 1 is 1.12 bits per heavy atom. The van der Waals surface area contributed by atoms with Crippen LogP contribution in [0, 0.1) is 0 Å². The summed E-state index contributed by atoms with van der Waals surface area (Å²) in [4.78, 5) is 0. The predicted molar refractivity (Wildman–Crippen MR) is 66.0 cm³/mol. The van der Waals surface area contributed by atoms with E-state index < -0.39 is 0 Å². The molecule has 0 aliphatic rings. The highest BCUT2D eigenvalue weighted by Gasteiger charge is 2.08. The van der Waals surface area contributed by atoms with Gasteiger partial charge in [-0.25, -0.2) is 0 Å². The number of fused-ring (bicyclic) bond motifs is 1.